The molecule has 0 aromatic heterocycles. The predicted molar refractivity (Wildman–Crippen MR) is 160 cm³/mol. The third kappa shape index (κ3) is 5.66. The van der Waals surface area contributed by atoms with Crippen molar-refractivity contribution in [1.82, 2.24) is 0 Å². The van der Waals surface area contributed by atoms with Gasteiger partial charge in [0.1, 0.15) is 12.7 Å². The molecule has 43 heavy (non-hydrogen) atoms. The van der Waals surface area contributed by atoms with E-state index < -0.39 is 29.7 Å². The summed E-state index contributed by atoms with van der Waals surface area (Å²) < 4.78 is 16.6. The number of cyclic esters (lactones) is 1. The van der Waals surface area contributed by atoms with Gasteiger partial charge in [-0.15, -0.1) is 0 Å². The van der Waals surface area contributed by atoms with Gasteiger partial charge >= 0.3 is 17.9 Å². The molecule has 1 saturated heterocycles. The molecule has 0 amide bonds. The molecule has 0 radical (unpaired) electrons. The molecule has 5 rings (SSSR count). The fourth-order valence-electron chi connectivity index (χ4n) is 10.3. The normalized spacial score (nSPS) is 44.8. The van der Waals surface area contributed by atoms with E-state index >= 15 is 0 Å². The first kappa shape index (κ1) is 32.7. The zero-order valence-corrected chi connectivity index (χ0v) is 27.5. The quantitative estimate of drug-likeness (QED) is 0.277. The molecule has 4 aliphatic carbocycles. The number of aliphatic hydroxyl groups is 2. The second kappa shape index (κ2) is 11.9. The van der Waals surface area contributed by atoms with Gasteiger partial charge in [0.25, 0.3) is 0 Å². The zero-order chi connectivity index (χ0) is 31.5. The predicted octanol–water partition coefficient (Wildman–Crippen LogP) is 5.46. The van der Waals surface area contributed by atoms with Crippen LogP contribution in [-0.2, 0) is 28.6 Å². The monoisotopic (exact) mass is 604 g/mol. The number of fused-ring (bicyclic) bond motifs is 5. The van der Waals surface area contributed by atoms with Gasteiger partial charge < -0.3 is 24.4 Å². The second-order valence-electron chi connectivity index (χ2n) is 16.2. The summed E-state index contributed by atoms with van der Waals surface area (Å²) in [5, 5.41) is 23.6. The molecular formula is C35H56O8. The highest BCUT2D eigenvalue weighted by molar-refractivity contribution is 5.81. The van der Waals surface area contributed by atoms with Crippen molar-refractivity contribution in [3.63, 3.8) is 0 Å². The molecule has 4 saturated carbocycles. The maximum Gasteiger partial charge on any atom is 0.348 e. The minimum Gasteiger partial charge on any atom is -0.462 e. The number of carbonyl (C=O) groups excluding carboxylic acids is 3. The first-order valence-corrected chi connectivity index (χ1v) is 17.1. The van der Waals surface area contributed by atoms with Crippen LogP contribution >= 0.6 is 0 Å². The highest BCUT2D eigenvalue weighted by Gasteiger charge is 2.66. The molecule has 5 fully saturated rings. The number of hydrogen-bond donors (Lipinski definition) is 2. The van der Waals surface area contributed by atoms with E-state index in [4.69, 9.17) is 14.2 Å². The van der Waals surface area contributed by atoms with Crippen LogP contribution < -0.4 is 0 Å². The van der Waals surface area contributed by atoms with Crippen molar-refractivity contribution in [3.8, 4) is 0 Å². The molecule has 5 aliphatic rings. The number of esters is 3. The van der Waals surface area contributed by atoms with Crippen molar-refractivity contribution in [2.24, 2.45) is 57.7 Å². The van der Waals surface area contributed by atoms with Crippen LogP contribution in [0.4, 0.5) is 0 Å². The Balaban J connectivity index is 1.24. The topological polar surface area (TPSA) is 119 Å². The summed E-state index contributed by atoms with van der Waals surface area (Å²) in [4.78, 5) is 37.4. The van der Waals surface area contributed by atoms with Crippen LogP contribution in [0, 0.1) is 57.7 Å². The van der Waals surface area contributed by atoms with E-state index in [1.165, 1.54) is 0 Å². The van der Waals surface area contributed by atoms with Crippen LogP contribution in [0.5, 0.6) is 0 Å². The van der Waals surface area contributed by atoms with E-state index in [2.05, 4.69) is 20.8 Å². The van der Waals surface area contributed by atoms with Gasteiger partial charge in [-0.05, 0) is 104 Å². The summed E-state index contributed by atoms with van der Waals surface area (Å²) in [5.41, 5.74) is -0.843. The van der Waals surface area contributed by atoms with Gasteiger partial charge in [0.05, 0.1) is 18.1 Å². The van der Waals surface area contributed by atoms with Crippen molar-refractivity contribution in [1.29, 1.82) is 0 Å². The smallest absolute Gasteiger partial charge is 0.348 e. The van der Waals surface area contributed by atoms with E-state index in [0.717, 1.165) is 44.9 Å². The average Bonchev–Trinajstić information content (AvgIpc) is 3.44. The Morgan fingerprint density at radius 2 is 1.72 bits per heavy atom. The lowest BCUT2D eigenvalue weighted by atomic mass is 9.43. The average molecular weight is 605 g/mol. The van der Waals surface area contributed by atoms with Crippen molar-refractivity contribution in [2.45, 2.75) is 137 Å². The SMILES string of the molecule is CCC(C)C(=O)O[C@H]1CC[C@@]2(C)C(C1)C[C@@H](O)C1C2C[C@H](O)[C@]2(C)C(C(C)CCC(=O)OC3C(=O)OCC3(C)C)CCC12. The molecule has 0 aromatic carbocycles. The van der Waals surface area contributed by atoms with Crippen LogP contribution in [0.1, 0.15) is 113 Å². The zero-order valence-electron chi connectivity index (χ0n) is 27.5. The van der Waals surface area contributed by atoms with Crippen molar-refractivity contribution in [3.05, 3.63) is 0 Å². The van der Waals surface area contributed by atoms with Crippen molar-refractivity contribution < 1.29 is 38.8 Å². The summed E-state index contributed by atoms with van der Waals surface area (Å²) in [6.07, 6.45) is 5.73. The second-order valence-corrected chi connectivity index (χ2v) is 16.2. The van der Waals surface area contributed by atoms with E-state index in [1.807, 2.05) is 27.7 Å². The van der Waals surface area contributed by atoms with Crippen LogP contribution in [0.3, 0.4) is 0 Å². The molecule has 0 spiro atoms. The van der Waals surface area contributed by atoms with E-state index in [0.29, 0.717) is 12.8 Å². The number of ether oxygens (including phenoxy) is 3. The lowest BCUT2D eigenvalue weighted by molar-refractivity contribution is -0.210. The molecule has 8 heteroatoms. The third-order valence-corrected chi connectivity index (χ3v) is 13.4. The summed E-state index contributed by atoms with van der Waals surface area (Å²) >= 11 is 0. The Kier molecular flexibility index (Phi) is 9.07. The lowest BCUT2D eigenvalue weighted by Gasteiger charge is -2.63. The number of hydrogen-bond acceptors (Lipinski definition) is 8. The van der Waals surface area contributed by atoms with E-state index in [-0.39, 0.29) is 83.3 Å². The Morgan fingerprint density at radius 3 is 2.37 bits per heavy atom. The summed E-state index contributed by atoms with van der Waals surface area (Å²) in [5.74, 6) is 0.252. The van der Waals surface area contributed by atoms with Crippen molar-refractivity contribution >= 4 is 17.9 Å². The highest BCUT2D eigenvalue weighted by atomic mass is 16.6. The van der Waals surface area contributed by atoms with E-state index in [1.54, 1.807) is 0 Å². The first-order valence-electron chi connectivity index (χ1n) is 17.1. The maximum absolute atomic E-state index is 12.8. The minimum absolute atomic E-state index is 0.00805. The van der Waals surface area contributed by atoms with Gasteiger partial charge in [-0.3, -0.25) is 9.59 Å². The Morgan fingerprint density at radius 1 is 1.00 bits per heavy atom. The summed E-state index contributed by atoms with van der Waals surface area (Å²) in [7, 11) is 0. The number of carbonyl (C=O) groups is 3. The lowest BCUT2D eigenvalue weighted by Crippen LogP contribution is -2.62. The van der Waals surface area contributed by atoms with Gasteiger partial charge in [-0.25, -0.2) is 4.79 Å². The molecule has 0 bridgehead atoms. The largest absolute Gasteiger partial charge is 0.462 e. The van der Waals surface area contributed by atoms with Crippen LogP contribution in [-0.4, -0.2) is 59.1 Å². The molecule has 244 valence electrons. The van der Waals surface area contributed by atoms with Crippen LogP contribution in [0.15, 0.2) is 0 Å². The van der Waals surface area contributed by atoms with Crippen LogP contribution in [0.25, 0.3) is 0 Å². The van der Waals surface area contributed by atoms with Gasteiger partial charge in [0.2, 0.25) is 6.10 Å². The molecule has 8 nitrogen and oxygen atoms in total. The Bertz CT molecular complexity index is 1070. The number of aliphatic hydroxyl groups excluding tert-OH is 2. The standard InChI is InChI=1S/C35H56O8/c1-8-19(2)31(39)42-22-13-14-34(6)21(15-22)16-26(36)29-24-11-10-23(35(24,7)27(37)17-25(29)34)20(3)9-12-28(38)43-30-32(40)41-18-33(30,4)5/h19-27,29-30,36-37H,8-18H2,1-7H3/t19?,20?,21?,22-,23?,24?,25?,26+,27-,29?,30?,34-,35+/m0/s1. The molecule has 1 heterocycles. The third-order valence-electron chi connectivity index (χ3n) is 13.4. The highest BCUT2D eigenvalue weighted by Crippen LogP contribution is 2.68. The maximum atomic E-state index is 12.8. The Labute approximate surface area is 258 Å². The van der Waals surface area contributed by atoms with Crippen LogP contribution in [0.2, 0.25) is 0 Å². The molecule has 13 atom stereocenters. The van der Waals surface area contributed by atoms with Gasteiger partial charge in [0.15, 0.2) is 0 Å². The minimum atomic E-state index is -0.860. The fourth-order valence-corrected chi connectivity index (χ4v) is 10.3. The van der Waals surface area contributed by atoms with Gasteiger partial charge in [0, 0.05) is 11.8 Å². The molecule has 0 aromatic rings. The molecule has 1 aliphatic heterocycles. The van der Waals surface area contributed by atoms with Crippen molar-refractivity contribution in [2.75, 3.05) is 6.61 Å². The van der Waals surface area contributed by atoms with Gasteiger partial charge in [-0.2, -0.15) is 0 Å². The number of rotatable bonds is 8. The fraction of sp³-hybridized carbons (Fsp3) is 0.914. The molecule has 2 N–H and O–H groups in total. The molecular weight excluding hydrogens is 548 g/mol. The van der Waals surface area contributed by atoms with Gasteiger partial charge in [-0.1, -0.05) is 48.5 Å². The molecule has 8 unspecified atom stereocenters. The Hall–Kier alpha value is -1.67. The van der Waals surface area contributed by atoms with E-state index in [9.17, 15) is 24.6 Å². The summed E-state index contributed by atoms with van der Waals surface area (Å²) in [6.45, 7) is 14.7. The first-order chi connectivity index (χ1) is 20.1. The summed E-state index contributed by atoms with van der Waals surface area (Å²) in [6, 6.07) is 0.